The number of carbonyl (C=O) groups is 1. The molecular weight excluding hydrogens is 414 g/mol. The molecule has 1 amide bonds. The van der Waals surface area contributed by atoms with Gasteiger partial charge in [0.15, 0.2) is 0 Å². The summed E-state index contributed by atoms with van der Waals surface area (Å²) >= 11 is 0. The number of aliphatic hydroxyl groups is 1. The minimum absolute atomic E-state index is 0.00779. The summed E-state index contributed by atoms with van der Waals surface area (Å²) in [6, 6.07) is 20.2. The van der Waals surface area contributed by atoms with E-state index in [4.69, 9.17) is 9.47 Å². The van der Waals surface area contributed by atoms with Crippen LogP contribution in [0.3, 0.4) is 0 Å². The van der Waals surface area contributed by atoms with Crippen molar-refractivity contribution in [1.82, 2.24) is 4.90 Å². The van der Waals surface area contributed by atoms with Gasteiger partial charge in [-0.25, -0.2) is 0 Å². The number of hydrogen-bond donors (Lipinski definition) is 1. The molecule has 3 rings (SSSR count). The number of rotatable bonds is 11. The molecule has 2 aromatic rings. The Morgan fingerprint density at radius 1 is 0.970 bits per heavy atom. The van der Waals surface area contributed by atoms with Gasteiger partial charge in [-0.3, -0.25) is 4.79 Å². The van der Waals surface area contributed by atoms with Gasteiger partial charge in [-0.1, -0.05) is 66.2 Å². The Morgan fingerprint density at radius 2 is 1.48 bits per heavy atom. The quantitative estimate of drug-likeness (QED) is 0.501. The van der Waals surface area contributed by atoms with Gasteiger partial charge in [0.1, 0.15) is 0 Å². The van der Waals surface area contributed by atoms with E-state index in [0.29, 0.717) is 58.8 Å². The molecule has 5 heteroatoms. The van der Waals surface area contributed by atoms with Crippen LogP contribution in [0.1, 0.15) is 44.2 Å². The Kier molecular flexibility index (Phi) is 9.67. The molecule has 0 aromatic heterocycles. The second-order valence-electron chi connectivity index (χ2n) is 9.01. The van der Waals surface area contributed by atoms with Crippen LogP contribution in [0.4, 0.5) is 0 Å². The van der Waals surface area contributed by atoms with E-state index in [2.05, 4.69) is 0 Å². The zero-order chi connectivity index (χ0) is 23.5. The lowest BCUT2D eigenvalue weighted by atomic mass is 9.71. The first kappa shape index (κ1) is 25.2. The highest BCUT2D eigenvalue weighted by Crippen LogP contribution is 2.40. The first-order valence-corrected chi connectivity index (χ1v) is 11.9. The lowest BCUT2D eigenvalue weighted by molar-refractivity contribution is -0.125. The van der Waals surface area contributed by atoms with Gasteiger partial charge in [0.25, 0.3) is 0 Å². The lowest BCUT2D eigenvalue weighted by Crippen LogP contribution is -2.40. The van der Waals surface area contributed by atoms with E-state index in [1.54, 1.807) is 11.0 Å². The number of amides is 1. The molecule has 1 N–H and O–H groups in total. The van der Waals surface area contributed by atoms with Gasteiger partial charge in [0.2, 0.25) is 5.91 Å². The van der Waals surface area contributed by atoms with Gasteiger partial charge in [0, 0.05) is 24.6 Å². The van der Waals surface area contributed by atoms with Crippen LogP contribution >= 0.6 is 0 Å². The van der Waals surface area contributed by atoms with Crippen LogP contribution < -0.4 is 0 Å². The van der Waals surface area contributed by atoms with Gasteiger partial charge in [-0.15, -0.1) is 0 Å². The molecule has 1 atom stereocenters. The van der Waals surface area contributed by atoms with Gasteiger partial charge in [-0.2, -0.15) is 0 Å². The van der Waals surface area contributed by atoms with Crippen LogP contribution in [0.25, 0.3) is 0 Å². The van der Waals surface area contributed by atoms with E-state index in [-0.39, 0.29) is 11.3 Å². The molecule has 178 valence electrons. The summed E-state index contributed by atoms with van der Waals surface area (Å²) in [6.45, 7) is 7.25. The number of ether oxygens (including phenoxy) is 2. The summed E-state index contributed by atoms with van der Waals surface area (Å²) < 4.78 is 12.3. The minimum atomic E-state index is -0.518. The van der Waals surface area contributed by atoms with Crippen LogP contribution in [-0.2, 0) is 27.5 Å². The summed E-state index contributed by atoms with van der Waals surface area (Å²) in [6.07, 6.45) is 2.99. The summed E-state index contributed by atoms with van der Waals surface area (Å²) in [7, 11) is 0. The van der Waals surface area contributed by atoms with Crippen molar-refractivity contribution in [1.29, 1.82) is 0 Å². The largest absolute Gasteiger partial charge is 0.393 e. The smallest absolute Gasteiger partial charge is 0.246 e. The molecule has 1 fully saturated rings. The summed E-state index contributed by atoms with van der Waals surface area (Å²) in [4.78, 5) is 14.5. The number of hydrogen-bond acceptors (Lipinski definition) is 4. The molecule has 0 spiro atoms. The maximum Gasteiger partial charge on any atom is 0.246 e. The standard InChI is InChI=1S/C28H37NO4/c1-3-29(4-2)27(31)16-25-15-26(30)18-28(17-25,21-32-19-23-11-7-5-8-12-23)22-33-20-24-13-9-6-10-14-24/h5-14,16,26,30H,3-4,15,17-22H2,1-2H3. The molecular formula is C28H37NO4. The average molecular weight is 452 g/mol. The third-order valence-electron chi connectivity index (χ3n) is 6.21. The van der Waals surface area contributed by atoms with Crippen molar-refractivity contribution >= 4 is 5.91 Å². The molecule has 33 heavy (non-hydrogen) atoms. The number of likely N-dealkylation sites (N-methyl/N-ethyl adjacent to an activating group) is 1. The third kappa shape index (κ3) is 7.81. The fourth-order valence-electron chi connectivity index (χ4n) is 4.59. The normalized spacial score (nSPS) is 18.9. The molecule has 1 unspecified atom stereocenters. The predicted molar refractivity (Wildman–Crippen MR) is 130 cm³/mol. The maximum absolute atomic E-state index is 12.7. The van der Waals surface area contributed by atoms with E-state index in [0.717, 1.165) is 16.7 Å². The molecule has 1 aliphatic rings. The topological polar surface area (TPSA) is 59.0 Å². The Bertz CT molecular complexity index is 832. The van der Waals surface area contributed by atoms with E-state index in [1.807, 2.05) is 74.5 Å². The maximum atomic E-state index is 12.7. The number of carbonyl (C=O) groups excluding carboxylic acids is 1. The number of aliphatic hydroxyl groups excluding tert-OH is 1. The van der Waals surface area contributed by atoms with Crippen LogP contribution in [0.15, 0.2) is 72.3 Å². The first-order chi connectivity index (χ1) is 16.0. The molecule has 0 aliphatic heterocycles. The van der Waals surface area contributed by atoms with Gasteiger partial charge in [-0.05, 0) is 44.2 Å². The molecule has 0 radical (unpaired) electrons. The van der Waals surface area contributed by atoms with Crippen molar-refractivity contribution in [3.05, 3.63) is 83.4 Å². The van der Waals surface area contributed by atoms with Crippen molar-refractivity contribution < 1.29 is 19.4 Å². The van der Waals surface area contributed by atoms with Crippen molar-refractivity contribution in [2.24, 2.45) is 5.41 Å². The Hall–Kier alpha value is -2.47. The van der Waals surface area contributed by atoms with Crippen LogP contribution in [0.2, 0.25) is 0 Å². The van der Waals surface area contributed by atoms with Crippen molar-refractivity contribution in [3.63, 3.8) is 0 Å². The fourth-order valence-corrected chi connectivity index (χ4v) is 4.59. The highest BCUT2D eigenvalue weighted by molar-refractivity contribution is 5.88. The monoisotopic (exact) mass is 451 g/mol. The zero-order valence-electron chi connectivity index (χ0n) is 19.9. The highest BCUT2D eigenvalue weighted by Gasteiger charge is 2.39. The average Bonchev–Trinajstić information content (AvgIpc) is 2.81. The van der Waals surface area contributed by atoms with Crippen LogP contribution in [0, 0.1) is 5.41 Å². The third-order valence-corrected chi connectivity index (χ3v) is 6.21. The highest BCUT2D eigenvalue weighted by atomic mass is 16.5. The van der Waals surface area contributed by atoms with E-state index in [9.17, 15) is 9.90 Å². The first-order valence-electron chi connectivity index (χ1n) is 11.9. The SMILES string of the molecule is CCN(CC)C(=O)C=C1CC(O)CC(COCc2ccccc2)(COCc2ccccc2)C1. The Labute approximate surface area is 198 Å². The summed E-state index contributed by atoms with van der Waals surface area (Å²) in [5, 5.41) is 10.7. The van der Waals surface area contributed by atoms with E-state index < -0.39 is 6.10 Å². The number of nitrogens with zero attached hydrogens (tertiary/aromatic N) is 1. The van der Waals surface area contributed by atoms with Gasteiger partial charge in [0.05, 0.1) is 32.5 Å². The lowest BCUT2D eigenvalue weighted by Gasteiger charge is -2.40. The molecule has 0 bridgehead atoms. The Morgan fingerprint density at radius 3 is 1.97 bits per heavy atom. The van der Waals surface area contributed by atoms with Gasteiger partial charge >= 0.3 is 0 Å². The van der Waals surface area contributed by atoms with Crippen LogP contribution in [-0.4, -0.2) is 48.3 Å². The molecule has 5 nitrogen and oxygen atoms in total. The second kappa shape index (κ2) is 12.7. The minimum Gasteiger partial charge on any atom is -0.393 e. The van der Waals surface area contributed by atoms with Gasteiger partial charge < -0.3 is 19.5 Å². The Balaban J connectivity index is 1.72. The van der Waals surface area contributed by atoms with Crippen molar-refractivity contribution in [2.45, 2.75) is 52.4 Å². The molecule has 0 heterocycles. The van der Waals surface area contributed by atoms with Crippen molar-refractivity contribution in [3.8, 4) is 0 Å². The summed E-state index contributed by atoms with van der Waals surface area (Å²) in [5.41, 5.74) is 2.82. The molecule has 0 saturated heterocycles. The van der Waals surface area contributed by atoms with Crippen LogP contribution in [0.5, 0.6) is 0 Å². The summed E-state index contributed by atoms with van der Waals surface area (Å²) in [5.74, 6) is 0.00779. The molecule has 2 aromatic carbocycles. The predicted octanol–water partition coefficient (Wildman–Crippen LogP) is 4.75. The zero-order valence-corrected chi connectivity index (χ0v) is 19.9. The molecule has 1 saturated carbocycles. The van der Waals surface area contributed by atoms with Crippen molar-refractivity contribution in [2.75, 3.05) is 26.3 Å². The van der Waals surface area contributed by atoms with E-state index >= 15 is 0 Å². The fraction of sp³-hybridized carbons (Fsp3) is 0.464. The second-order valence-corrected chi connectivity index (χ2v) is 9.01. The number of benzene rings is 2. The molecule has 1 aliphatic carbocycles. The van der Waals surface area contributed by atoms with E-state index in [1.165, 1.54) is 0 Å².